The number of nitrogens with zero attached hydrogens (tertiary/aromatic N) is 3. The molecule has 138 valence electrons. The Hall–Kier alpha value is -2.48. The van der Waals surface area contributed by atoms with Crippen molar-refractivity contribution in [3.63, 3.8) is 0 Å². The van der Waals surface area contributed by atoms with Gasteiger partial charge in [-0.15, -0.1) is 0 Å². The van der Waals surface area contributed by atoms with Crippen LogP contribution in [0.5, 0.6) is 11.6 Å². The standard InChI is InChI=1S/C19H23N3O4/c1-2-25-19(23)17-14-22(24)12-11-21(17)13-15-6-8-16(9-7-15)26-18-5-3-4-10-20-18/h3-10,17,24H,2,11-14H2,1H3. The number of carbonyl (C=O) groups excluding carboxylic acids is 1. The molecular weight excluding hydrogens is 334 g/mol. The highest BCUT2D eigenvalue weighted by Crippen LogP contribution is 2.21. The van der Waals surface area contributed by atoms with Crippen LogP contribution in [0.3, 0.4) is 0 Å². The highest BCUT2D eigenvalue weighted by Gasteiger charge is 2.32. The molecule has 0 amide bonds. The van der Waals surface area contributed by atoms with E-state index in [0.29, 0.717) is 37.9 Å². The van der Waals surface area contributed by atoms with E-state index in [1.54, 1.807) is 19.2 Å². The molecule has 7 nitrogen and oxygen atoms in total. The van der Waals surface area contributed by atoms with E-state index in [9.17, 15) is 10.0 Å². The molecule has 2 aromatic rings. The van der Waals surface area contributed by atoms with Crippen LogP contribution in [0.4, 0.5) is 0 Å². The lowest BCUT2D eigenvalue weighted by Crippen LogP contribution is -2.55. The van der Waals surface area contributed by atoms with Crippen molar-refractivity contribution in [2.45, 2.75) is 19.5 Å². The first kappa shape index (κ1) is 18.3. The number of benzene rings is 1. The molecule has 0 radical (unpaired) electrons. The van der Waals surface area contributed by atoms with Gasteiger partial charge < -0.3 is 14.7 Å². The lowest BCUT2D eigenvalue weighted by atomic mass is 10.1. The van der Waals surface area contributed by atoms with Gasteiger partial charge in [-0.05, 0) is 30.7 Å². The average Bonchev–Trinajstić information content (AvgIpc) is 2.66. The van der Waals surface area contributed by atoms with Crippen molar-refractivity contribution in [2.75, 3.05) is 26.2 Å². The first-order valence-electron chi connectivity index (χ1n) is 8.68. The molecule has 3 rings (SSSR count). The topological polar surface area (TPSA) is 75.1 Å². The Kier molecular flexibility index (Phi) is 6.17. The van der Waals surface area contributed by atoms with Gasteiger partial charge in [-0.25, -0.2) is 4.98 Å². The second-order valence-corrected chi connectivity index (χ2v) is 6.06. The van der Waals surface area contributed by atoms with Crippen LogP contribution < -0.4 is 4.74 Å². The number of hydroxylamine groups is 2. The number of hydrogen-bond acceptors (Lipinski definition) is 7. The van der Waals surface area contributed by atoms with Crippen LogP contribution in [0.2, 0.25) is 0 Å². The Balaban J connectivity index is 1.64. The van der Waals surface area contributed by atoms with Crippen molar-refractivity contribution < 1.29 is 19.5 Å². The number of carbonyl (C=O) groups is 1. The van der Waals surface area contributed by atoms with E-state index in [1.165, 1.54) is 5.06 Å². The predicted octanol–water partition coefficient (Wildman–Crippen LogP) is 2.31. The Bertz CT molecular complexity index is 708. The van der Waals surface area contributed by atoms with Crippen LogP contribution in [0.25, 0.3) is 0 Å². The first-order chi connectivity index (χ1) is 12.7. The van der Waals surface area contributed by atoms with E-state index in [0.717, 1.165) is 5.56 Å². The molecular formula is C19H23N3O4. The third-order valence-corrected chi connectivity index (χ3v) is 4.20. The summed E-state index contributed by atoms with van der Waals surface area (Å²) in [7, 11) is 0. The minimum Gasteiger partial charge on any atom is -0.465 e. The fourth-order valence-electron chi connectivity index (χ4n) is 2.88. The molecule has 0 bridgehead atoms. The van der Waals surface area contributed by atoms with E-state index < -0.39 is 6.04 Å². The van der Waals surface area contributed by atoms with Crippen molar-refractivity contribution >= 4 is 5.97 Å². The van der Waals surface area contributed by atoms with E-state index in [1.807, 2.05) is 41.3 Å². The third-order valence-electron chi connectivity index (χ3n) is 4.20. The number of esters is 1. The normalized spacial score (nSPS) is 18.5. The second kappa shape index (κ2) is 8.75. The molecule has 26 heavy (non-hydrogen) atoms. The van der Waals surface area contributed by atoms with Gasteiger partial charge in [0.25, 0.3) is 0 Å². The summed E-state index contributed by atoms with van der Waals surface area (Å²) < 4.78 is 10.8. The van der Waals surface area contributed by atoms with Crippen LogP contribution in [-0.2, 0) is 16.1 Å². The zero-order valence-corrected chi connectivity index (χ0v) is 14.7. The Morgan fingerprint density at radius 2 is 2.04 bits per heavy atom. The first-order valence-corrected chi connectivity index (χ1v) is 8.68. The van der Waals surface area contributed by atoms with Gasteiger partial charge in [-0.2, -0.15) is 5.06 Å². The summed E-state index contributed by atoms with van der Waals surface area (Å²) in [6.45, 7) is 4.04. The average molecular weight is 357 g/mol. The zero-order chi connectivity index (χ0) is 18.4. The van der Waals surface area contributed by atoms with Crippen LogP contribution in [0.1, 0.15) is 12.5 Å². The molecule has 0 aliphatic carbocycles. The summed E-state index contributed by atoms with van der Waals surface area (Å²) in [5.74, 6) is 0.942. The monoisotopic (exact) mass is 357 g/mol. The van der Waals surface area contributed by atoms with E-state index >= 15 is 0 Å². The van der Waals surface area contributed by atoms with Crippen molar-refractivity contribution in [2.24, 2.45) is 0 Å². The van der Waals surface area contributed by atoms with Gasteiger partial charge in [0.15, 0.2) is 0 Å². The van der Waals surface area contributed by atoms with Gasteiger partial charge in [-0.1, -0.05) is 18.2 Å². The van der Waals surface area contributed by atoms with E-state index in [-0.39, 0.29) is 12.5 Å². The lowest BCUT2D eigenvalue weighted by Gasteiger charge is -2.37. The number of rotatable bonds is 6. The predicted molar refractivity (Wildman–Crippen MR) is 94.9 cm³/mol. The molecule has 0 spiro atoms. The summed E-state index contributed by atoms with van der Waals surface area (Å²) in [4.78, 5) is 18.3. The minimum atomic E-state index is -0.474. The number of ether oxygens (including phenoxy) is 2. The SMILES string of the molecule is CCOC(=O)C1CN(O)CCN1Cc1ccc(Oc2ccccn2)cc1. The fourth-order valence-corrected chi connectivity index (χ4v) is 2.88. The summed E-state index contributed by atoms with van der Waals surface area (Å²) in [5, 5.41) is 10.9. The zero-order valence-electron chi connectivity index (χ0n) is 14.7. The van der Waals surface area contributed by atoms with Crippen LogP contribution in [-0.4, -0.2) is 58.4 Å². The number of pyridine rings is 1. The number of piperazine rings is 1. The van der Waals surface area contributed by atoms with Gasteiger partial charge >= 0.3 is 5.97 Å². The van der Waals surface area contributed by atoms with Gasteiger partial charge in [0.1, 0.15) is 11.8 Å². The van der Waals surface area contributed by atoms with E-state index in [4.69, 9.17) is 9.47 Å². The van der Waals surface area contributed by atoms with Crippen LogP contribution in [0.15, 0.2) is 48.7 Å². The maximum absolute atomic E-state index is 12.2. The molecule has 1 aromatic heterocycles. The second-order valence-electron chi connectivity index (χ2n) is 6.06. The largest absolute Gasteiger partial charge is 0.465 e. The lowest BCUT2D eigenvalue weighted by molar-refractivity contribution is -0.170. The minimum absolute atomic E-state index is 0.250. The summed E-state index contributed by atoms with van der Waals surface area (Å²) >= 11 is 0. The molecule has 2 heterocycles. The molecule has 1 unspecified atom stereocenters. The molecule has 1 saturated heterocycles. The Morgan fingerprint density at radius 1 is 1.23 bits per heavy atom. The highest BCUT2D eigenvalue weighted by atomic mass is 16.5. The van der Waals surface area contributed by atoms with Crippen molar-refractivity contribution in [1.29, 1.82) is 0 Å². The van der Waals surface area contributed by atoms with Crippen molar-refractivity contribution in [3.8, 4) is 11.6 Å². The fraction of sp³-hybridized carbons (Fsp3) is 0.368. The molecule has 0 saturated carbocycles. The smallest absolute Gasteiger partial charge is 0.324 e. The van der Waals surface area contributed by atoms with E-state index in [2.05, 4.69) is 4.98 Å². The molecule has 1 atom stereocenters. The Morgan fingerprint density at radius 3 is 2.73 bits per heavy atom. The maximum Gasteiger partial charge on any atom is 0.324 e. The van der Waals surface area contributed by atoms with Gasteiger partial charge in [0.05, 0.1) is 13.2 Å². The molecule has 1 N–H and O–H groups in total. The molecule has 1 aliphatic rings. The molecule has 1 aliphatic heterocycles. The van der Waals surface area contributed by atoms with Gasteiger partial charge in [0.2, 0.25) is 5.88 Å². The van der Waals surface area contributed by atoms with Crippen LogP contribution >= 0.6 is 0 Å². The summed E-state index contributed by atoms with van der Waals surface area (Å²) in [6.07, 6.45) is 1.68. The van der Waals surface area contributed by atoms with Crippen LogP contribution in [0, 0.1) is 0 Å². The molecule has 7 heteroatoms. The molecule has 1 fully saturated rings. The van der Waals surface area contributed by atoms with Crippen molar-refractivity contribution in [1.82, 2.24) is 14.9 Å². The number of hydrogen-bond donors (Lipinski definition) is 1. The highest BCUT2D eigenvalue weighted by molar-refractivity contribution is 5.76. The van der Waals surface area contributed by atoms with Gasteiger partial charge in [-0.3, -0.25) is 9.69 Å². The summed E-state index contributed by atoms with van der Waals surface area (Å²) in [6, 6.07) is 12.7. The quantitative estimate of drug-likeness (QED) is 0.795. The third kappa shape index (κ3) is 4.78. The molecule has 1 aromatic carbocycles. The maximum atomic E-state index is 12.2. The van der Waals surface area contributed by atoms with Gasteiger partial charge in [0, 0.05) is 31.9 Å². The Labute approximate surface area is 152 Å². The van der Waals surface area contributed by atoms with Crippen molar-refractivity contribution in [3.05, 3.63) is 54.2 Å². The summed E-state index contributed by atoms with van der Waals surface area (Å²) in [5.41, 5.74) is 1.05. The number of aromatic nitrogens is 1.